The predicted octanol–water partition coefficient (Wildman–Crippen LogP) is 4.52. The highest BCUT2D eigenvalue weighted by Gasteiger charge is 2.43. The van der Waals surface area contributed by atoms with Crippen molar-refractivity contribution in [3.8, 4) is 0 Å². The van der Waals surface area contributed by atoms with Crippen LogP contribution in [0.25, 0.3) is 0 Å². The van der Waals surface area contributed by atoms with Crippen molar-refractivity contribution in [1.82, 2.24) is 4.90 Å². The van der Waals surface area contributed by atoms with Crippen LogP contribution in [0.1, 0.15) is 51.4 Å². The molecule has 21 heavy (non-hydrogen) atoms. The van der Waals surface area contributed by atoms with E-state index in [-0.39, 0.29) is 30.7 Å². The lowest BCUT2D eigenvalue weighted by atomic mass is 9.80. The van der Waals surface area contributed by atoms with Crippen LogP contribution in [0.2, 0.25) is 0 Å². The molecule has 1 aliphatic carbocycles. The molecule has 0 aromatic rings. The number of halogens is 4. The molecule has 0 spiro atoms. The molecule has 6 heteroatoms. The van der Waals surface area contributed by atoms with Gasteiger partial charge in [0.05, 0.1) is 5.92 Å². The Labute approximate surface area is 132 Å². The van der Waals surface area contributed by atoms with Crippen LogP contribution in [0, 0.1) is 11.8 Å². The lowest BCUT2D eigenvalue weighted by molar-refractivity contribution is -0.185. The monoisotopic (exact) mass is 369 g/mol. The smallest absolute Gasteiger partial charge is 0.339 e. The average molecular weight is 370 g/mol. The lowest BCUT2D eigenvalue weighted by Crippen LogP contribution is -2.47. The average Bonchev–Trinajstić information content (AvgIpc) is 2.47. The van der Waals surface area contributed by atoms with Crippen molar-refractivity contribution < 1.29 is 18.0 Å². The second-order valence-corrected chi connectivity index (χ2v) is 7.04. The summed E-state index contributed by atoms with van der Waals surface area (Å²) in [5.74, 6) is -1.30. The second kappa shape index (κ2) is 7.34. The van der Waals surface area contributed by atoms with Gasteiger partial charge in [0.25, 0.3) is 0 Å². The molecule has 1 saturated carbocycles. The van der Waals surface area contributed by atoms with Gasteiger partial charge in [0.1, 0.15) is 0 Å². The Morgan fingerprint density at radius 3 is 2.33 bits per heavy atom. The Hall–Kier alpha value is -0.260. The van der Waals surface area contributed by atoms with E-state index in [1.54, 1.807) is 0 Å². The largest absolute Gasteiger partial charge is 0.391 e. The van der Waals surface area contributed by atoms with Crippen molar-refractivity contribution >= 4 is 21.8 Å². The Morgan fingerprint density at radius 1 is 1.10 bits per heavy atom. The topological polar surface area (TPSA) is 20.3 Å². The maximum atomic E-state index is 12.7. The molecule has 0 bridgehead atoms. The molecule has 1 saturated heterocycles. The Kier molecular flexibility index (Phi) is 5.97. The highest BCUT2D eigenvalue weighted by atomic mass is 79.9. The zero-order chi connectivity index (χ0) is 15.5. The van der Waals surface area contributed by atoms with Crippen LogP contribution >= 0.6 is 15.9 Å². The van der Waals surface area contributed by atoms with E-state index in [0.717, 1.165) is 37.6 Å². The molecule has 1 amide bonds. The van der Waals surface area contributed by atoms with E-state index in [4.69, 9.17) is 0 Å². The first kappa shape index (κ1) is 17.1. The Balaban J connectivity index is 1.91. The fourth-order valence-electron chi connectivity index (χ4n) is 3.62. The number of piperidine rings is 1. The minimum atomic E-state index is -4.10. The number of alkyl halides is 4. The van der Waals surface area contributed by atoms with Crippen molar-refractivity contribution in [2.45, 2.75) is 63.6 Å². The summed E-state index contributed by atoms with van der Waals surface area (Å²) in [7, 11) is 0. The number of amides is 1. The van der Waals surface area contributed by atoms with Crippen LogP contribution < -0.4 is 0 Å². The molecule has 2 nitrogen and oxygen atoms in total. The highest BCUT2D eigenvalue weighted by Crippen LogP contribution is 2.40. The molecule has 1 atom stereocenters. The molecule has 0 aromatic carbocycles. The zero-order valence-corrected chi connectivity index (χ0v) is 13.8. The van der Waals surface area contributed by atoms with Crippen molar-refractivity contribution in [3.63, 3.8) is 0 Å². The normalized spacial score (nSPS) is 31.2. The van der Waals surface area contributed by atoms with E-state index in [1.807, 2.05) is 4.90 Å². The SMILES string of the molecule is O=C(C1CCC(C(F)(F)F)CC1)N1CCCCC1CCBr. The van der Waals surface area contributed by atoms with Crippen LogP contribution in [-0.2, 0) is 4.79 Å². The molecule has 2 aliphatic rings. The molecule has 0 radical (unpaired) electrons. The second-order valence-electron chi connectivity index (χ2n) is 6.25. The van der Waals surface area contributed by atoms with Crippen molar-refractivity contribution in [2.24, 2.45) is 11.8 Å². The van der Waals surface area contributed by atoms with E-state index in [1.165, 1.54) is 0 Å². The molecule has 2 rings (SSSR count). The molecular weight excluding hydrogens is 347 g/mol. The quantitative estimate of drug-likeness (QED) is 0.669. The van der Waals surface area contributed by atoms with E-state index in [0.29, 0.717) is 12.8 Å². The van der Waals surface area contributed by atoms with Crippen molar-refractivity contribution in [1.29, 1.82) is 0 Å². The number of hydrogen-bond donors (Lipinski definition) is 0. The van der Waals surface area contributed by atoms with E-state index in [2.05, 4.69) is 15.9 Å². The molecule has 0 aromatic heterocycles. The first-order valence-corrected chi connectivity index (χ1v) is 8.98. The van der Waals surface area contributed by atoms with E-state index >= 15 is 0 Å². The summed E-state index contributed by atoms with van der Waals surface area (Å²) in [6.45, 7) is 0.774. The van der Waals surface area contributed by atoms with Gasteiger partial charge in [-0.3, -0.25) is 4.79 Å². The minimum Gasteiger partial charge on any atom is -0.339 e. The van der Waals surface area contributed by atoms with Gasteiger partial charge >= 0.3 is 6.18 Å². The van der Waals surface area contributed by atoms with Crippen molar-refractivity contribution in [2.75, 3.05) is 11.9 Å². The first-order chi connectivity index (χ1) is 9.93. The van der Waals surface area contributed by atoms with Gasteiger partial charge in [0.2, 0.25) is 5.91 Å². The number of carbonyl (C=O) groups excluding carboxylic acids is 1. The summed E-state index contributed by atoms with van der Waals surface area (Å²) in [6.07, 6.45) is 1.01. The summed E-state index contributed by atoms with van der Waals surface area (Å²) in [5, 5.41) is 0.863. The predicted molar refractivity (Wildman–Crippen MR) is 79.3 cm³/mol. The third kappa shape index (κ3) is 4.36. The van der Waals surface area contributed by atoms with Crippen LogP contribution in [-0.4, -0.2) is 34.9 Å². The standard InChI is InChI=1S/C15H23BrF3NO/c16-9-8-13-3-1-2-10-20(13)14(21)11-4-6-12(7-5-11)15(17,18)19/h11-13H,1-10H2. The summed E-state index contributed by atoms with van der Waals surface area (Å²) < 4.78 is 38.1. The molecular formula is C15H23BrF3NO. The molecule has 2 fully saturated rings. The molecule has 1 aliphatic heterocycles. The highest BCUT2D eigenvalue weighted by molar-refractivity contribution is 9.09. The van der Waals surface area contributed by atoms with Crippen LogP contribution in [0.15, 0.2) is 0 Å². The van der Waals surface area contributed by atoms with Gasteiger partial charge in [-0.2, -0.15) is 13.2 Å². The maximum Gasteiger partial charge on any atom is 0.391 e. The summed E-state index contributed by atoms with van der Waals surface area (Å²) in [5.41, 5.74) is 0. The Morgan fingerprint density at radius 2 is 1.76 bits per heavy atom. The summed E-state index contributed by atoms with van der Waals surface area (Å²) in [4.78, 5) is 14.6. The van der Waals surface area contributed by atoms with E-state index in [9.17, 15) is 18.0 Å². The fraction of sp³-hybridized carbons (Fsp3) is 0.933. The third-order valence-electron chi connectivity index (χ3n) is 4.89. The maximum absolute atomic E-state index is 12.7. The molecule has 0 N–H and O–H groups in total. The van der Waals surface area contributed by atoms with Gasteiger partial charge in [-0.25, -0.2) is 0 Å². The van der Waals surface area contributed by atoms with Crippen LogP contribution in [0.3, 0.4) is 0 Å². The number of carbonyl (C=O) groups is 1. The molecule has 1 unspecified atom stereocenters. The number of nitrogens with zero attached hydrogens (tertiary/aromatic N) is 1. The van der Waals surface area contributed by atoms with Crippen molar-refractivity contribution in [3.05, 3.63) is 0 Å². The van der Waals surface area contributed by atoms with Gasteiger partial charge < -0.3 is 4.90 Å². The van der Waals surface area contributed by atoms with Gasteiger partial charge in [0, 0.05) is 23.8 Å². The number of likely N-dealkylation sites (tertiary alicyclic amines) is 1. The number of rotatable bonds is 3. The lowest BCUT2D eigenvalue weighted by Gasteiger charge is -2.39. The van der Waals surface area contributed by atoms with Crippen LogP contribution in [0.5, 0.6) is 0 Å². The van der Waals surface area contributed by atoms with Gasteiger partial charge in [0.15, 0.2) is 0 Å². The van der Waals surface area contributed by atoms with Crippen LogP contribution in [0.4, 0.5) is 13.2 Å². The third-order valence-corrected chi connectivity index (χ3v) is 5.35. The fourth-order valence-corrected chi connectivity index (χ4v) is 4.15. The van der Waals surface area contributed by atoms with Gasteiger partial charge in [-0.15, -0.1) is 0 Å². The number of hydrogen-bond acceptors (Lipinski definition) is 1. The summed E-state index contributed by atoms with van der Waals surface area (Å²) in [6, 6.07) is 0.269. The minimum absolute atomic E-state index is 0.0984. The Bertz CT molecular complexity index is 351. The first-order valence-electron chi connectivity index (χ1n) is 7.86. The molecule has 1 heterocycles. The molecule has 122 valence electrons. The van der Waals surface area contributed by atoms with Gasteiger partial charge in [-0.1, -0.05) is 15.9 Å². The summed E-state index contributed by atoms with van der Waals surface area (Å²) >= 11 is 3.42. The van der Waals surface area contributed by atoms with Gasteiger partial charge in [-0.05, 0) is 51.4 Å². The van der Waals surface area contributed by atoms with E-state index < -0.39 is 12.1 Å². The zero-order valence-electron chi connectivity index (χ0n) is 12.2.